The number of hydrogen-bond donors (Lipinski definition) is 1. The number of nitrogens with two attached hydrogens (primary N) is 1. The predicted octanol–water partition coefficient (Wildman–Crippen LogP) is 1.81. The van der Waals surface area contributed by atoms with E-state index in [-0.39, 0.29) is 18.2 Å². The quantitative estimate of drug-likeness (QED) is 0.563. The molecule has 0 unspecified atom stereocenters. The Morgan fingerprint density at radius 1 is 1.43 bits per heavy atom. The Morgan fingerprint density at radius 2 is 2.04 bits per heavy atom. The van der Waals surface area contributed by atoms with Crippen LogP contribution in [0.2, 0.25) is 0 Å². The van der Waals surface area contributed by atoms with Crippen LogP contribution in [0.5, 0.6) is 0 Å². The zero-order valence-electron chi connectivity index (χ0n) is 16.0. The minimum absolute atomic E-state index is 0.0405. The van der Waals surface area contributed by atoms with Gasteiger partial charge in [-0.15, -0.1) is 0 Å². The van der Waals surface area contributed by atoms with Gasteiger partial charge in [0.2, 0.25) is 0 Å². The summed E-state index contributed by atoms with van der Waals surface area (Å²) in [5.41, 5.74) is -1.58. The molecular formula is C16H24N4O7S. The van der Waals surface area contributed by atoms with Crippen molar-refractivity contribution >= 4 is 27.5 Å². The molecule has 1 saturated heterocycles. The van der Waals surface area contributed by atoms with Gasteiger partial charge >= 0.3 is 6.09 Å². The zero-order valence-corrected chi connectivity index (χ0v) is 16.8. The van der Waals surface area contributed by atoms with Crippen molar-refractivity contribution in [2.45, 2.75) is 44.2 Å². The molecule has 2 heterocycles. The number of carbonyl (C=O) groups excluding carboxylic acids is 1. The number of nitro groups is 1. The van der Waals surface area contributed by atoms with Gasteiger partial charge in [-0.2, -0.15) is 0 Å². The lowest BCUT2D eigenvalue weighted by atomic mass is 9.99. The summed E-state index contributed by atoms with van der Waals surface area (Å²) >= 11 is 0. The van der Waals surface area contributed by atoms with Crippen LogP contribution >= 0.6 is 0 Å². The molecule has 156 valence electrons. The fraction of sp³-hybridized carbons (Fsp3) is 0.625. The zero-order chi connectivity index (χ0) is 21.1. The average Bonchev–Trinajstić information content (AvgIpc) is 2.57. The molecule has 1 fully saturated rings. The monoisotopic (exact) mass is 416 g/mol. The first-order chi connectivity index (χ1) is 12.9. The van der Waals surface area contributed by atoms with Gasteiger partial charge in [-0.1, -0.05) is 0 Å². The predicted molar refractivity (Wildman–Crippen MR) is 99.4 cm³/mol. The number of amides is 1. The van der Waals surface area contributed by atoms with E-state index < -0.39 is 37.4 Å². The van der Waals surface area contributed by atoms with Crippen molar-refractivity contribution < 1.29 is 27.6 Å². The van der Waals surface area contributed by atoms with Crippen LogP contribution < -0.4 is 10.0 Å². The number of aromatic nitrogens is 1. The van der Waals surface area contributed by atoms with Crippen molar-refractivity contribution in [1.29, 1.82) is 0 Å². The van der Waals surface area contributed by atoms with Crippen LogP contribution in [0, 0.1) is 16.0 Å². The standard InChI is InChI=1S/C16H24N4O7S/c1-16(2,3)27-15(21)19(10-11-4-6-26-7-5-11)13-9-18-14(28(17,24)25)8-12(13)20(22)23/h8-9,11H,4-7,10H2,1-3H3,(H2,17,24,25). The Balaban J connectivity index is 2.48. The number of sulfonamides is 1. The highest BCUT2D eigenvalue weighted by atomic mass is 32.2. The van der Waals surface area contributed by atoms with Gasteiger partial charge in [0.25, 0.3) is 15.7 Å². The van der Waals surface area contributed by atoms with Gasteiger partial charge in [0, 0.05) is 19.8 Å². The Labute approximate surface area is 163 Å². The minimum Gasteiger partial charge on any atom is -0.443 e. The highest BCUT2D eigenvalue weighted by Gasteiger charge is 2.32. The molecule has 0 atom stereocenters. The number of ether oxygens (including phenoxy) is 2. The Morgan fingerprint density at radius 3 is 2.54 bits per heavy atom. The van der Waals surface area contributed by atoms with Crippen LogP contribution in [0.1, 0.15) is 33.6 Å². The topological polar surface area (TPSA) is 155 Å². The van der Waals surface area contributed by atoms with E-state index in [1.54, 1.807) is 20.8 Å². The lowest BCUT2D eigenvalue weighted by Gasteiger charge is -2.31. The molecule has 0 aliphatic carbocycles. The normalized spacial score (nSPS) is 15.9. The van der Waals surface area contributed by atoms with Gasteiger partial charge in [-0.05, 0) is 39.5 Å². The smallest absolute Gasteiger partial charge is 0.415 e. The third-order valence-corrected chi connectivity index (χ3v) is 4.82. The minimum atomic E-state index is -4.24. The molecule has 0 radical (unpaired) electrons. The number of primary sulfonamides is 1. The summed E-state index contributed by atoms with van der Waals surface area (Å²) in [6.45, 7) is 6.22. The molecule has 1 aliphatic rings. The van der Waals surface area contributed by atoms with Crippen LogP contribution in [0.3, 0.4) is 0 Å². The van der Waals surface area contributed by atoms with Crippen LogP contribution in [0.4, 0.5) is 16.2 Å². The number of carbonyl (C=O) groups is 1. The van der Waals surface area contributed by atoms with Gasteiger partial charge in [0.05, 0.1) is 17.2 Å². The van der Waals surface area contributed by atoms with E-state index in [9.17, 15) is 23.3 Å². The summed E-state index contributed by atoms with van der Waals surface area (Å²) in [6, 6.07) is 0.742. The highest BCUT2D eigenvalue weighted by molar-refractivity contribution is 7.89. The molecule has 0 bridgehead atoms. The average molecular weight is 416 g/mol. The molecular weight excluding hydrogens is 392 g/mol. The molecule has 1 aliphatic heterocycles. The first kappa shape index (κ1) is 22.0. The molecule has 1 aromatic rings. The lowest BCUT2D eigenvalue weighted by Crippen LogP contribution is -2.41. The second kappa shape index (κ2) is 8.37. The summed E-state index contributed by atoms with van der Waals surface area (Å²) in [6.07, 6.45) is 1.53. The van der Waals surface area contributed by atoms with Crippen LogP contribution in [-0.2, 0) is 19.5 Å². The number of pyridine rings is 1. The SMILES string of the molecule is CC(C)(C)OC(=O)N(CC1CCOCC1)c1cnc(S(N)(=O)=O)cc1[N+](=O)[O-]. The van der Waals surface area contributed by atoms with Crippen LogP contribution in [-0.4, -0.2) is 49.8 Å². The van der Waals surface area contributed by atoms with Gasteiger partial charge in [-0.3, -0.25) is 15.0 Å². The maximum atomic E-state index is 12.8. The summed E-state index contributed by atoms with van der Waals surface area (Å²) in [5.74, 6) is 0.0405. The number of hydrogen-bond acceptors (Lipinski definition) is 8. The Bertz CT molecular complexity index is 845. The van der Waals surface area contributed by atoms with Crippen molar-refractivity contribution in [1.82, 2.24) is 4.98 Å². The second-order valence-corrected chi connectivity index (χ2v) is 8.97. The summed E-state index contributed by atoms with van der Waals surface area (Å²) < 4.78 is 33.7. The summed E-state index contributed by atoms with van der Waals surface area (Å²) in [5, 5.41) is 15.9. The van der Waals surface area contributed by atoms with Crippen molar-refractivity contribution in [3.63, 3.8) is 0 Å². The Hall–Kier alpha value is -2.31. The first-order valence-corrected chi connectivity index (χ1v) is 10.2. The van der Waals surface area contributed by atoms with Crippen molar-refractivity contribution in [2.24, 2.45) is 11.1 Å². The van der Waals surface area contributed by atoms with Crippen molar-refractivity contribution in [3.8, 4) is 0 Å². The van der Waals surface area contributed by atoms with Crippen LogP contribution in [0.25, 0.3) is 0 Å². The van der Waals surface area contributed by atoms with Gasteiger partial charge < -0.3 is 9.47 Å². The molecule has 28 heavy (non-hydrogen) atoms. The molecule has 0 saturated carbocycles. The van der Waals surface area contributed by atoms with E-state index >= 15 is 0 Å². The van der Waals surface area contributed by atoms with Crippen LogP contribution in [0.15, 0.2) is 17.3 Å². The number of nitrogens with zero attached hydrogens (tertiary/aromatic N) is 3. The fourth-order valence-electron chi connectivity index (χ4n) is 2.70. The number of rotatable bonds is 5. The maximum absolute atomic E-state index is 12.8. The molecule has 2 rings (SSSR count). The first-order valence-electron chi connectivity index (χ1n) is 8.64. The molecule has 0 spiro atoms. The van der Waals surface area contributed by atoms with E-state index in [4.69, 9.17) is 14.6 Å². The summed E-state index contributed by atoms with van der Waals surface area (Å²) in [4.78, 5) is 28.4. The van der Waals surface area contributed by atoms with Crippen molar-refractivity contribution in [3.05, 3.63) is 22.4 Å². The largest absolute Gasteiger partial charge is 0.443 e. The molecule has 2 N–H and O–H groups in total. The Kier molecular flexibility index (Phi) is 6.57. The van der Waals surface area contributed by atoms with Gasteiger partial charge in [-0.25, -0.2) is 23.3 Å². The van der Waals surface area contributed by atoms with Gasteiger partial charge in [0.15, 0.2) is 5.03 Å². The third-order valence-electron chi connectivity index (χ3n) is 4.01. The van der Waals surface area contributed by atoms with Gasteiger partial charge in [0.1, 0.15) is 11.3 Å². The molecule has 1 amide bonds. The molecule has 12 heteroatoms. The van der Waals surface area contributed by atoms with E-state index in [0.29, 0.717) is 26.1 Å². The molecule has 1 aromatic heterocycles. The van der Waals surface area contributed by atoms with E-state index in [1.165, 1.54) is 0 Å². The maximum Gasteiger partial charge on any atom is 0.415 e. The van der Waals surface area contributed by atoms with E-state index in [2.05, 4.69) is 4.98 Å². The fourth-order valence-corrected chi connectivity index (χ4v) is 3.18. The molecule has 0 aromatic carbocycles. The van der Waals surface area contributed by atoms with Crippen molar-refractivity contribution in [2.75, 3.05) is 24.7 Å². The highest BCUT2D eigenvalue weighted by Crippen LogP contribution is 2.32. The summed E-state index contributed by atoms with van der Waals surface area (Å²) in [7, 11) is -4.24. The van der Waals surface area contributed by atoms with E-state index in [1.807, 2.05) is 0 Å². The third kappa shape index (κ3) is 5.84. The lowest BCUT2D eigenvalue weighted by molar-refractivity contribution is -0.384. The van der Waals surface area contributed by atoms with E-state index in [0.717, 1.165) is 17.2 Å². The number of anilines is 1. The molecule has 11 nitrogen and oxygen atoms in total. The second-order valence-electron chi connectivity index (χ2n) is 7.46.